The van der Waals surface area contributed by atoms with E-state index in [1.54, 1.807) is 6.92 Å². The van der Waals surface area contributed by atoms with Gasteiger partial charge in [-0.3, -0.25) is 4.79 Å². The van der Waals surface area contributed by atoms with E-state index in [2.05, 4.69) is 20.3 Å². The van der Waals surface area contributed by atoms with E-state index in [1.165, 1.54) is 24.0 Å². The standard InChI is InChI=1S/C13H18F3N5O2S/c1-2-23-10(22)4-3-7-24-12-18-6-5-9(21-12)20-11(17)19-8-13(14,15)16/h5-6H,2-4,7-8H2,1H3,(H3,17,18,19,20,21). The first-order valence-corrected chi connectivity index (χ1v) is 8.04. The maximum Gasteiger partial charge on any atom is 0.408 e. The van der Waals surface area contributed by atoms with Crippen LogP contribution in [-0.2, 0) is 9.53 Å². The highest BCUT2D eigenvalue weighted by atomic mass is 32.2. The van der Waals surface area contributed by atoms with Crippen molar-refractivity contribution >= 4 is 29.5 Å². The highest BCUT2D eigenvalue weighted by Crippen LogP contribution is 2.17. The van der Waals surface area contributed by atoms with Gasteiger partial charge in [0.1, 0.15) is 12.4 Å². The normalized spacial score (nSPS) is 12.1. The minimum atomic E-state index is -4.42. The Morgan fingerprint density at radius 1 is 1.50 bits per heavy atom. The summed E-state index contributed by atoms with van der Waals surface area (Å²) in [6.07, 6.45) is -2.08. The van der Waals surface area contributed by atoms with Gasteiger partial charge >= 0.3 is 12.1 Å². The first-order chi connectivity index (χ1) is 11.3. The fourth-order valence-electron chi connectivity index (χ4n) is 1.44. The van der Waals surface area contributed by atoms with Crippen molar-refractivity contribution in [1.29, 1.82) is 0 Å². The van der Waals surface area contributed by atoms with Crippen LogP contribution >= 0.6 is 11.8 Å². The molecule has 0 unspecified atom stereocenters. The van der Waals surface area contributed by atoms with Crippen LogP contribution in [0.3, 0.4) is 0 Å². The summed E-state index contributed by atoms with van der Waals surface area (Å²) in [7, 11) is 0. The zero-order valence-corrected chi connectivity index (χ0v) is 13.8. The number of thioether (sulfide) groups is 1. The number of alkyl halides is 3. The predicted molar refractivity (Wildman–Crippen MR) is 84.8 cm³/mol. The molecule has 11 heteroatoms. The molecule has 7 nitrogen and oxygen atoms in total. The van der Waals surface area contributed by atoms with Gasteiger partial charge in [-0.05, 0) is 19.4 Å². The fraction of sp³-hybridized carbons (Fsp3) is 0.538. The Kier molecular flexibility index (Phi) is 8.30. The summed E-state index contributed by atoms with van der Waals surface area (Å²) >= 11 is 1.31. The lowest BCUT2D eigenvalue weighted by Gasteiger charge is -2.07. The largest absolute Gasteiger partial charge is 0.466 e. The van der Waals surface area contributed by atoms with Crippen molar-refractivity contribution in [2.24, 2.45) is 10.7 Å². The number of aliphatic imine (C=N–C) groups is 1. The minimum absolute atomic E-state index is 0.237. The summed E-state index contributed by atoms with van der Waals surface area (Å²) in [4.78, 5) is 22.5. The molecule has 0 aromatic carbocycles. The van der Waals surface area contributed by atoms with E-state index < -0.39 is 12.7 Å². The quantitative estimate of drug-likeness (QED) is 0.182. The molecule has 1 rings (SSSR count). The fourth-order valence-corrected chi connectivity index (χ4v) is 2.21. The van der Waals surface area contributed by atoms with E-state index in [4.69, 9.17) is 10.5 Å². The molecule has 0 fully saturated rings. The van der Waals surface area contributed by atoms with Gasteiger partial charge < -0.3 is 15.8 Å². The molecule has 0 radical (unpaired) electrons. The molecule has 0 bridgehead atoms. The third kappa shape index (κ3) is 9.18. The number of halogens is 3. The van der Waals surface area contributed by atoms with Crippen molar-refractivity contribution in [1.82, 2.24) is 9.97 Å². The van der Waals surface area contributed by atoms with Crippen LogP contribution in [0, 0.1) is 0 Å². The van der Waals surface area contributed by atoms with Crippen LogP contribution in [-0.4, -0.2) is 47.0 Å². The SMILES string of the molecule is CCOC(=O)CCCSc1nccc(NC(N)=NCC(F)(F)F)n1. The number of nitrogens with two attached hydrogens (primary N) is 1. The number of carbonyl (C=O) groups is 1. The number of esters is 1. The monoisotopic (exact) mass is 365 g/mol. The Labute approximate surface area is 141 Å². The van der Waals surface area contributed by atoms with Crippen LogP contribution in [0.4, 0.5) is 19.0 Å². The molecule has 0 saturated carbocycles. The summed E-state index contributed by atoms with van der Waals surface area (Å²) in [6, 6.07) is 1.46. The average Bonchev–Trinajstić information content (AvgIpc) is 2.50. The van der Waals surface area contributed by atoms with Crippen LogP contribution in [0.5, 0.6) is 0 Å². The van der Waals surface area contributed by atoms with Crippen molar-refractivity contribution in [3.63, 3.8) is 0 Å². The second-order valence-electron chi connectivity index (χ2n) is 4.42. The Hall–Kier alpha value is -2.04. The van der Waals surface area contributed by atoms with Crippen molar-refractivity contribution in [2.75, 3.05) is 24.2 Å². The van der Waals surface area contributed by atoms with Gasteiger partial charge in [-0.1, -0.05) is 11.8 Å². The molecule has 24 heavy (non-hydrogen) atoms. The lowest BCUT2D eigenvalue weighted by molar-refractivity contribution is -0.143. The zero-order chi connectivity index (χ0) is 18.0. The maximum atomic E-state index is 12.0. The number of carbonyl (C=O) groups excluding carboxylic acids is 1. The van der Waals surface area contributed by atoms with E-state index in [0.717, 1.165) is 0 Å². The molecule has 0 aliphatic carbocycles. The number of hydrogen-bond acceptors (Lipinski definition) is 6. The number of nitrogens with one attached hydrogen (secondary N) is 1. The molecular weight excluding hydrogens is 347 g/mol. The summed E-state index contributed by atoms with van der Waals surface area (Å²) in [5, 5.41) is 2.88. The third-order valence-electron chi connectivity index (χ3n) is 2.38. The van der Waals surface area contributed by atoms with Crippen LogP contribution in [0.25, 0.3) is 0 Å². The number of guanidine groups is 1. The number of hydrogen-bond donors (Lipinski definition) is 2. The van der Waals surface area contributed by atoms with E-state index in [1.807, 2.05) is 0 Å². The lowest BCUT2D eigenvalue weighted by Crippen LogP contribution is -2.26. The molecular formula is C13H18F3N5O2S. The summed E-state index contributed by atoms with van der Waals surface area (Å²) < 4.78 is 40.9. The highest BCUT2D eigenvalue weighted by Gasteiger charge is 2.26. The minimum Gasteiger partial charge on any atom is -0.466 e. The zero-order valence-electron chi connectivity index (χ0n) is 13.0. The summed E-state index contributed by atoms with van der Waals surface area (Å²) in [6.45, 7) is 0.717. The first-order valence-electron chi connectivity index (χ1n) is 7.05. The number of aromatic nitrogens is 2. The third-order valence-corrected chi connectivity index (χ3v) is 3.33. The van der Waals surface area contributed by atoms with Gasteiger partial charge in [0.15, 0.2) is 11.1 Å². The maximum absolute atomic E-state index is 12.0. The second kappa shape index (κ2) is 9.96. The Bertz CT molecular complexity index is 569. The van der Waals surface area contributed by atoms with Gasteiger partial charge in [0.05, 0.1) is 6.61 Å². The number of nitrogens with zero attached hydrogens (tertiary/aromatic N) is 3. The second-order valence-corrected chi connectivity index (χ2v) is 5.49. The van der Waals surface area contributed by atoms with E-state index in [9.17, 15) is 18.0 Å². The van der Waals surface area contributed by atoms with Gasteiger partial charge in [-0.2, -0.15) is 13.2 Å². The predicted octanol–water partition coefficient (Wildman–Crippen LogP) is 2.20. The van der Waals surface area contributed by atoms with Gasteiger partial charge in [0.25, 0.3) is 0 Å². The Morgan fingerprint density at radius 2 is 2.25 bits per heavy atom. The summed E-state index contributed by atoms with van der Waals surface area (Å²) in [5.41, 5.74) is 5.37. The Morgan fingerprint density at radius 3 is 2.92 bits per heavy atom. The van der Waals surface area contributed by atoms with Crippen molar-refractivity contribution in [2.45, 2.75) is 31.1 Å². The molecule has 1 aromatic rings. The van der Waals surface area contributed by atoms with Crippen LogP contribution in [0.15, 0.2) is 22.4 Å². The van der Waals surface area contributed by atoms with Gasteiger partial charge in [0.2, 0.25) is 0 Å². The number of ether oxygens (including phenoxy) is 1. The molecule has 134 valence electrons. The van der Waals surface area contributed by atoms with E-state index in [0.29, 0.717) is 30.4 Å². The van der Waals surface area contributed by atoms with Crippen molar-refractivity contribution in [3.05, 3.63) is 12.3 Å². The molecule has 0 atom stereocenters. The molecule has 1 heterocycles. The number of anilines is 1. The Balaban J connectivity index is 2.44. The van der Waals surface area contributed by atoms with E-state index >= 15 is 0 Å². The molecule has 0 amide bonds. The highest BCUT2D eigenvalue weighted by molar-refractivity contribution is 7.99. The van der Waals surface area contributed by atoms with Crippen molar-refractivity contribution < 1.29 is 22.7 Å². The topological polar surface area (TPSA) is 102 Å². The molecule has 0 spiro atoms. The first kappa shape index (κ1) is 20.0. The van der Waals surface area contributed by atoms with Gasteiger partial charge in [-0.15, -0.1) is 0 Å². The lowest BCUT2D eigenvalue weighted by atomic mass is 10.3. The summed E-state index contributed by atoms with van der Waals surface area (Å²) in [5.74, 6) is 0.189. The van der Waals surface area contributed by atoms with Crippen molar-refractivity contribution in [3.8, 4) is 0 Å². The van der Waals surface area contributed by atoms with Crippen LogP contribution in [0.2, 0.25) is 0 Å². The van der Waals surface area contributed by atoms with Crippen LogP contribution in [0.1, 0.15) is 19.8 Å². The molecule has 0 saturated heterocycles. The smallest absolute Gasteiger partial charge is 0.408 e. The molecule has 3 N–H and O–H groups in total. The molecule has 0 aliphatic rings. The van der Waals surface area contributed by atoms with E-state index in [-0.39, 0.29) is 17.7 Å². The number of rotatable bonds is 8. The average molecular weight is 365 g/mol. The molecule has 1 aromatic heterocycles. The van der Waals surface area contributed by atoms with Gasteiger partial charge in [0, 0.05) is 18.4 Å². The molecule has 0 aliphatic heterocycles. The van der Waals surface area contributed by atoms with Crippen LogP contribution < -0.4 is 11.1 Å². The van der Waals surface area contributed by atoms with Gasteiger partial charge in [-0.25, -0.2) is 15.0 Å².